The monoisotopic (exact) mass is 296 g/mol. The minimum atomic E-state index is -2.93. The topological polar surface area (TPSA) is 82.2 Å². The van der Waals surface area contributed by atoms with E-state index in [1.807, 2.05) is 0 Å². The zero-order valence-electron chi connectivity index (χ0n) is 11.2. The van der Waals surface area contributed by atoms with Crippen LogP contribution in [0.3, 0.4) is 0 Å². The molecule has 0 spiro atoms. The number of nitrogens with two attached hydrogens (primary N) is 1. The molecule has 1 aromatic heterocycles. The molecule has 1 aromatic carbocycles. The molecule has 3 N–H and O–H groups in total. The molecule has 0 saturated carbocycles. The Bertz CT molecular complexity index is 643. The van der Waals surface area contributed by atoms with Crippen LogP contribution in [-0.2, 0) is 13.6 Å². The van der Waals surface area contributed by atoms with Crippen LogP contribution >= 0.6 is 0 Å². The summed E-state index contributed by atoms with van der Waals surface area (Å²) in [6.07, 6.45) is 1.55. The van der Waals surface area contributed by atoms with Crippen LogP contribution in [0.2, 0.25) is 0 Å². The van der Waals surface area contributed by atoms with Crippen molar-refractivity contribution in [2.75, 3.05) is 5.73 Å². The van der Waals surface area contributed by atoms with Crippen molar-refractivity contribution in [3.05, 3.63) is 41.6 Å². The van der Waals surface area contributed by atoms with Gasteiger partial charge in [0.2, 0.25) is 0 Å². The number of carbonyl (C=O) groups excluding carboxylic acids is 1. The molecule has 0 aliphatic carbocycles. The maximum absolute atomic E-state index is 12.1. The highest BCUT2D eigenvalue weighted by atomic mass is 19.3. The molecule has 1 amide bonds. The van der Waals surface area contributed by atoms with E-state index in [0.29, 0.717) is 11.4 Å². The standard InChI is InChI=1S/C13H14F2N4O2/c1-19-11(16)9(7-18-19)6-17-12(20)8-3-2-4-10(5-8)21-13(14)15/h2-5,7,13H,6,16H2,1H3,(H,17,20). The SMILES string of the molecule is Cn1ncc(CNC(=O)c2cccc(OC(F)F)c2)c1N. The van der Waals surface area contributed by atoms with Gasteiger partial charge in [0.25, 0.3) is 5.91 Å². The van der Waals surface area contributed by atoms with Crippen LogP contribution in [0.5, 0.6) is 5.75 Å². The summed E-state index contributed by atoms with van der Waals surface area (Å²) in [5.74, 6) is -0.0402. The Hall–Kier alpha value is -2.64. The van der Waals surface area contributed by atoms with Crippen molar-refractivity contribution in [3.8, 4) is 5.75 Å². The Morgan fingerprint density at radius 1 is 1.52 bits per heavy atom. The van der Waals surface area contributed by atoms with Gasteiger partial charge in [0, 0.05) is 24.7 Å². The van der Waals surface area contributed by atoms with Gasteiger partial charge in [-0.25, -0.2) is 0 Å². The molecule has 2 rings (SSSR count). The highest BCUT2D eigenvalue weighted by Gasteiger charge is 2.11. The summed E-state index contributed by atoms with van der Waals surface area (Å²) in [4.78, 5) is 12.0. The molecule has 21 heavy (non-hydrogen) atoms. The van der Waals surface area contributed by atoms with Crippen molar-refractivity contribution in [1.82, 2.24) is 15.1 Å². The molecule has 0 aliphatic heterocycles. The van der Waals surface area contributed by atoms with Gasteiger partial charge in [-0.2, -0.15) is 13.9 Å². The van der Waals surface area contributed by atoms with Crippen molar-refractivity contribution in [1.29, 1.82) is 0 Å². The number of carbonyl (C=O) groups is 1. The number of nitrogens with zero attached hydrogens (tertiary/aromatic N) is 2. The van der Waals surface area contributed by atoms with Crippen LogP contribution in [0, 0.1) is 0 Å². The van der Waals surface area contributed by atoms with Gasteiger partial charge in [0.1, 0.15) is 11.6 Å². The maximum atomic E-state index is 12.1. The highest BCUT2D eigenvalue weighted by molar-refractivity contribution is 5.94. The number of amides is 1. The second kappa shape index (κ2) is 6.21. The fraction of sp³-hybridized carbons (Fsp3) is 0.231. The lowest BCUT2D eigenvalue weighted by molar-refractivity contribution is -0.0498. The minimum Gasteiger partial charge on any atom is -0.435 e. The number of alkyl halides is 2. The maximum Gasteiger partial charge on any atom is 0.387 e. The second-order valence-corrected chi connectivity index (χ2v) is 4.27. The summed E-state index contributed by atoms with van der Waals surface area (Å²) in [5, 5.41) is 6.59. The quantitative estimate of drug-likeness (QED) is 0.876. The van der Waals surface area contributed by atoms with E-state index in [2.05, 4.69) is 15.2 Å². The number of aromatic nitrogens is 2. The van der Waals surface area contributed by atoms with E-state index < -0.39 is 12.5 Å². The second-order valence-electron chi connectivity index (χ2n) is 4.27. The van der Waals surface area contributed by atoms with Gasteiger partial charge in [-0.1, -0.05) is 6.07 Å². The van der Waals surface area contributed by atoms with Crippen molar-refractivity contribution in [2.45, 2.75) is 13.2 Å². The van der Waals surface area contributed by atoms with Crippen molar-refractivity contribution >= 4 is 11.7 Å². The Balaban J connectivity index is 2.01. The average Bonchev–Trinajstić information content (AvgIpc) is 2.76. The number of nitrogen functional groups attached to an aromatic ring is 1. The first-order valence-electron chi connectivity index (χ1n) is 6.07. The van der Waals surface area contributed by atoms with Crippen molar-refractivity contribution in [3.63, 3.8) is 0 Å². The average molecular weight is 296 g/mol. The molecule has 0 aliphatic rings. The predicted octanol–water partition coefficient (Wildman–Crippen LogP) is 1.53. The lowest BCUT2D eigenvalue weighted by Gasteiger charge is -2.08. The van der Waals surface area contributed by atoms with Crippen LogP contribution in [0.15, 0.2) is 30.5 Å². The first kappa shape index (κ1) is 14.8. The number of rotatable bonds is 5. The van der Waals surface area contributed by atoms with E-state index in [4.69, 9.17) is 5.73 Å². The summed E-state index contributed by atoms with van der Waals surface area (Å²) in [7, 11) is 1.69. The molecule has 6 nitrogen and oxygen atoms in total. The first-order valence-corrected chi connectivity index (χ1v) is 6.07. The number of aryl methyl sites for hydroxylation is 1. The van der Waals surface area contributed by atoms with Gasteiger partial charge in [0.05, 0.1) is 6.20 Å². The summed E-state index contributed by atoms with van der Waals surface area (Å²) in [6, 6.07) is 5.56. The smallest absolute Gasteiger partial charge is 0.387 e. The Labute approximate surface area is 119 Å². The minimum absolute atomic E-state index is 0.0708. The lowest BCUT2D eigenvalue weighted by Crippen LogP contribution is -2.23. The number of hydrogen-bond acceptors (Lipinski definition) is 4. The number of anilines is 1. The van der Waals surface area contributed by atoms with Gasteiger partial charge < -0.3 is 15.8 Å². The van der Waals surface area contributed by atoms with Gasteiger partial charge in [-0.3, -0.25) is 9.48 Å². The largest absolute Gasteiger partial charge is 0.435 e. The molecule has 0 bridgehead atoms. The molecular formula is C13H14F2N4O2. The number of nitrogens with one attached hydrogen (secondary N) is 1. The third-order valence-electron chi connectivity index (χ3n) is 2.83. The van der Waals surface area contributed by atoms with E-state index >= 15 is 0 Å². The van der Waals surface area contributed by atoms with Crippen molar-refractivity contribution < 1.29 is 18.3 Å². The highest BCUT2D eigenvalue weighted by Crippen LogP contribution is 2.16. The number of benzene rings is 1. The molecule has 0 saturated heterocycles. The van der Waals surface area contributed by atoms with E-state index in [9.17, 15) is 13.6 Å². The third kappa shape index (κ3) is 3.68. The molecule has 2 aromatic rings. The van der Waals surface area contributed by atoms with Crippen LogP contribution in [0.1, 0.15) is 15.9 Å². The molecular weight excluding hydrogens is 282 g/mol. The van der Waals surface area contributed by atoms with E-state index in [0.717, 1.165) is 0 Å². The first-order chi connectivity index (χ1) is 9.97. The molecule has 0 unspecified atom stereocenters. The van der Waals surface area contributed by atoms with Gasteiger partial charge >= 0.3 is 6.61 Å². The normalized spacial score (nSPS) is 10.7. The van der Waals surface area contributed by atoms with Crippen LogP contribution in [-0.4, -0.2) is 22.3 Å². The molecule has 8 heteroatoms. The molecule has 1 heterocycles. The Morgan fingerprint density at radius 3 is 2.90 bits per heavy atom. The van der Waals surface area contributed by atoms with Crippen LogP contribution in [0.25, 0.3) is 0 Å². The zero-order valence-corrected chi connectivity index (χ0v) is 11.2. The lowest BCUT2D eigenvalue weighted by atomic mass is 10.2. The summed E-state index contributed by atoms with van der Waals surface area (Å²) < 4.78 is 30.0. The number of halogens is 2. The summed E-state index contributed by atoms with van der Waals surface area (Å²) >= 11 is 0. The van der Waals surface area contributed by atoms with Gasteiger partial charge in [-0.15, -0.1) is 0 Å². The summed E-state index contributed by atoms with van der Waals surface area (Å²) in [6.45, 7) is -2.74. The molecule has 112 valence electrons. The molecule has 0 radical (unpaired) electrons. The van der Waals surface area contributed by atoms with Crippen LogP contribution < -0.4 is 15.8 Å². The van der Waals surface area contributed by atoms with Crippen LogP contribution in [0.4, 0.5) is 14.6 Å². The summed E-state index contributed by atoms with van der Waals surface area (Å²) in [5.41, 5.74) is 6.64. The van der Waals surface area contributed by atoms with Crippen molar-refractivity contribution in [2.24, 2.45) is 7.05 Å². The van der Waals surface area contributed by atoms with Gasteiger partial charge in [-0.05, 0) is 18.2 Å². The molecule has 0 atom stereocenters. The zero-order chi connectivity index (χ0) is 15.4. The third-order valence-corrected chi connectivity index (χ3v) is 2.83. The fourth-order valence-corrected chi connectivity index (χ4v) is 1.72. The number of hydrogen-bond donors (Lipinski definition) is 2. The van der Waals surface area contributed by atoms with E-state index in [1.165, 1.54) is 28.9 Å². The number of ether oxygens (including phenoxy) is 1. The Kier molecular flexibility index (Phi) is 4.36. The predicted molar refractivity (Wildman–Crippen MR) is 71.9 cm³/mol. The fourth-order valence-electron chi connectivity index (χ4n) is 1.72. The van der Waals surface area contributed by atoms with Gasteiger partial charge in [0.15, 0.2) is 0 Å². The van der Waals surface area contributed by atoms with E-state index in [-0.39, 0.29) is 17.9 Å². The molecule has 0 fully saturated rings. The Morgan fingerprint density at radius 2 is 2.29 bits per heavy atom. The van der Waals surface area contributed by atoms with E-state index in [1.54, 1.807) is 13.2 Å².